The SMILES string of the molecule is FC(F)(F)COc1nc(N=Nc2ccccc2)nc(OCC(F)(F)F)n1. The predicted octanol–water partition coefficient (Wildman–Crippen LogP) is 4.17. The first-order valence-corrected chi connectivity index (χ1v) is 6.73. The van der Waals surface area contributed by atoms with E-state index in [1.54, 1.807) is 30.3 Å². The van der Waals surface area contributed by atoms with Crippen molar-refractivity contribution >= 4 is 11.6 Å². The Hall–Kier alpha value is -2.99. The van der Waals surface area contributed by atoms with Gasteiger partial charge in [-0.25, -0.2) is 0 Å². The topological polar surface area (TPSA) is 81.9 Å². The zero-order chi connectivity index (χ0) is 19.2. The fourth-order valence-corrected chi connectivity index (χ4v) is 1.39. The van der Waals surface area contributed by atoms with Gasteiger partial charge in [-0.05, 0) is 12.1 Å². The van der Waals surface area contributed by atoms with Crippen LogP contribution in [0.15, 0.2) is 40.6 Å². The van der Waals surface area contributed by atoms with Gasteiger partial charge in [0.05, 0.1) is 5.69 Å². The molecule has 2 aromatic rings. The molecule has 0 amide bonds. The molecule has 0 bridgehead atoms. The van der Waals surface area contributed by atoms with Crippen molar-refractivity contribution in [3.05, 3.63) is 30.3 Å². The first-order chi connectivity index (χ1) is 12.1. The lowest BCUT2D eigenvalue weighted by molar-refractivity contribution is -0.156. The maximum Gasteiger partial charge on any atom is 0.422 e. The maximum atomic E-state index is 12.2. The highest BCUT2D eigenvalue weighted by atomic mass is 19.4. The molecule has 1 aromatic carbocycles. The van der Waals surface area contributed by atoms with Crippen LogP contribution in [0.25, 0.3) is 0 Å². The largest absolute Gasteiger partial charge is 0.454 e. The maximum absolute atomic E-state index is 12.2. The monoisotopic (exact) mass is 381 g/mol. The van der Waals surface area contributed by atoms with Crippen molar-refractivity contribution in [2.45, 2.75) is 12.4 Å². The number of aromatic nitrogens is 3. The van der Waals surface area contributed by atoms with Crippen LogP contribution in [-0.4, -0.2) is 40.5 Å². The first kappa shape index (κ1) is 19.3. The number of benzene rings is 1. The van der Waals surface area contributed by atoms with Crippen molar-refractivity contribution in [1.82, 2.24) is 15.0 Å². The van der Waals surface area contributed by atoms with E-state index in [1.807, 2.05) is 0 Å². The van der Waals surface area contributed by atoms with Crippen LogP contribution in [0.5, 0.6) is 12.0 Å². The minimum Gasteiger partial charge on any atom is -0.454 e. The molecule has 1 heterocycles. The molecule has 0 saturated carbocycles. The summed E-state index contributed by atoms with van der Waals surface area (Å²) < 4.78 is 81.8. The normalized spacial score (nSPS) is 12.4. The van der Waals surface area contributed by atoms with E-state index >= 15 is 0 Å². The van der Waals surface area contributed by atoms with Crippen molar-refractivity contribution < 1.29 is 35.8 Å². The van der Waals surface area contributed by atoms with E-state index in [4.69, 9.17) is 0 Å². The smallest absolute Gasteiger partial charge is 0.422 e. The lowest BCUT2D eigenvalue weighted by atomic mass is 10.3. The molecular formula is C13H9F6N5O2. The molecule has 0 spiro atoms. The molecule has 140 valence electrons. The van der Waals surface area contributed by atoms with Crippen LogP contribution in [-0.2, 0) is 0 Å². The van der Waals surface area contributed by atoms with Crippen LogP contribution in [0, 0.1) is 0 Å². The first-order valence-electron chi connectivity index (χ1n) is 6.73. The molecule has 0 radical (unpaired) electrons. The summed E-state index contributed by atoms with van der Waals surface area (Å²) >= 11 is 0. The van der Waals surface area contributed by atoms with Gasteiger partial charge in [-0.1, -0.05) is 18.2 Å². The van der Waals surface area contributed by atoms with Crippen LogP contribution in [0.2, 0.25) is 0 Å². The summed E-state index contributed by atoms with van der Waals surface area (Å²) in [6, 6.07) is 6.26. The zero-order valence-corrected chi connectivity index (χ0v) is 12.6. The summed E-state index contributed by atoms with van der Waals surface area (Å²) in [5.41, 5.74) is 0.350. The van der Waals surface area contributed by atoms with Crippen molar-refractivity contribution in [1.29, 1.82) is 0 Å². The number of nitrogens with zero attached hydrogens (tertiary/aromatic N) is 5. The molecule has 2 rings (SSSR count). The summed E-state index contributed by atoms with van der Waals surface area (Å²) in [5.74, 6) is -0.585. The minimum atomic E-state index is -4.70. The third kappa shape index (κ3) is 7.27. The zero-order valence-electron chi connectivity index (χ0n) is 12.6. The van der Waals surface area contributed by atoms with Gasteiger partial charge in [0.25, 0.3) is 5.95 Å². The molecule has 7 nitrogen and oxygen atoms in total. The van der Waals surface area contributed by atoms with Crippen molar-refractivity contribution in [2.24, 2.45) is 10.2 Å². The number of alkyl halides is 6. The number of hydrogen-bond donors (Lipinski definition) is 0. The van der Waals surface area contributed by atoms with Gasteiger partial charge in [0.15, 0.2) is 13.2 Å². The molecule has 1 aromatic heterocycles. The Labute approximate surface area is 141 Å². The molecule has 0 fully saturated rings. The van der Waals surface area contributed by atoms with Gasteiger partial charge in [0.1, 0.15) is 0 Å². The Balaban J connectivity index is 2.22. The van der Waals surface area contributed by atoms with Crippen molar-refractivity contribution in [3.63, 3.8) is 0 Å². The Morgan fingerprint density at radius 1 is 0.731 bits per heavy atom. The number of hydrogen-bond acceptors (Lipinski definition) is 7. The highest BCUT2D eigenvalue weighted by Gasteiger charge is 2.31. The molecular weight excluding hydrogens is 372 g/mol. The molecule has 0 atom stereocenters. The second kappa shape index (κ2) is 7.93. The molecule has 0 aliphatic heterocycles. The molecule has 0 unspecified atom stereocenters. The van der Waals surface area contributed by atoms with Gasteiger partial charge in [-0.15, -0.1) is 15.2 Å². The fourth-order valence-electron chi connectivity index (χ4n) is 1.39. The second-order valence-electron chi connectivity index (χ2n) is 4.54. The molecule has 0 aliphatic carbocycles. The highest BCUT2D eigenvalue weighted by Crippen LogP contribution is 2.22. The fraction of sp³-hybridized carbons (Fsp3) is 0.308. The average Bonchev–Trinajstić information content (AvgIpc) is 2.56. The summed E-state index contributed by atoms with van der Waals surface area (Å²) in [4.78, 5) is 10.1. The Bertz CT molecular complexity index is 715. The van der Waals surface area contributed by atoms with E-state index in [2.05, 4.69) is 34.7 Å². The van der Waals surface area contributed by atoms with Gasteiger partial charge < -0.3 is 9.47 Å². The van der Waals surface area contributed by atoms with Crippen molar-refractivity contribution in [3.8, 4) is 12.0 Å². The number of azo groups is 1. The van der Waals surface area contributed by atoms with Crippen LogP contribution in [0.3, 0.4) is 0 Å². The quantitative estimate of drug-likeness (QED) is 0.554. The van der Waals surface area contributed by atoms with E-state index in [1.165, 1.54) is 0 Å². The second-order valence-corrected chi connectivity index (χ2v) is 4.54. The van der Waals surface area contributed by atoms with Crippen LogP contribution >= 0.6 is 0 Å². The van der Waals surface area contributed by atoms with Gasteiger partial charge in [0, 0.05) is 0 Å². The van der Waals surface area contributed by atoms with E-state index in [0.717, 1.165) is 0 Å². The van der Waals surface area contributed by atoms with Crippen LogP contribution < -0.4 is 9.47 Å². The van der Waals surface area contributed by atoms with E-state index < -0.39 is 43.5 Å². The lowest BCUT2D eigenvalue weighted by Gasteiger charge is -2.10. The molecule has 13 heteroatoms. The standard InChI is InChI=1S/C13H9F6N5O2/c14-12(15,16)6-25-10-20-9(24-23-8-4-2-1-3-5-8)21-11(22-10)26-7-13(17,18)19/h1-5H,6-7H2. The van der Waals surface area contributed by atoms with Crippen LogP contribution in [0.1, 0.15) is 0 Å². The molecule has 0 N–H and O–H groups in total. The van der Waals surface area contributed by atoms with Crippen LogP contribution in [0.4, 0.5) is 38.0 Å². The highest BCUT2D eigenvalue weighted by molar-refractivity contribution is 5.35. The third-order valence-corrected chi connectivity index (χ3v) is 2.32. The summed E-state index contributed by atoms with van der Waals surface area (Å²) in [6.07, 6.45) is -9.41. The third-order valence-electron chi connectivity index (χ3n) is 2.32. The minimum absolute atomic E-state index is 0.350. The van der Waals surface area contributed by atoms with E-state index in [0.29, 0.717) is 5.69 Å². The Kier molecular flexibility index (Phi) is 5.90. The van der Waals surface area contributed by atoms with Gasteiger partial charge in [-0.3, -0.25) is 0 Å². The average molecular weight is 381 g/mol. The lowest BCUT2D eigenvalue weighted by Crippen LogP contribution is -2.22. The summed E-state index contributed by atoms with van der Waals surface area (Å²) in [7, 11) is 0. The number of ether oxygens (including phenoxy) is 2. The Morgan fingerprint density at radius 3 is 1.69 bits per heavy atom. The van der Waals surface area contributed by atoms with E-state index in [-0.39, 0.29) is 0 Å². The van der Waals surface area contributed by atoms with E-state index in [9.17, 15) is 26.3 Å². The number of rotatable bonds is 6. The van der Waals surface area contributed by atoms with Gasteiger partial charge >= 0.3 is 24.4 Å². The summed E-state index contributed by atoms with van der Waals surface area (Å²) in [5, 5.41) is 7.22. The number of halogens is 6. The molecule has 0 aliphatic rings. The Morgan fingerprint density at radius 2 is 1.23 bits per heavy atom. The van der Waals surface area contributed by atoms with Gasteiger partial charge in [0.2, 0.25) is 0 Å². The predicted molar refractivity (Wildman–Crippen MR) is 73.5 cm³/mol. The van der Waals surface area contributed by atoms with Gasteiger partial charge in [-0.2, -0.15) is 36.3 Å². The van der Waals surface area contributed by atoms with Crippen molar-refractivity contribution in [2.75, 3.05) is 13.2 Å². The summed E-state index contributed by atoms with van der Waals surface area (Å²) in [6.45, 7) is -3.52. The molecule has 26 heavy (non-hydrogen) atoms. The molecule has 0 saturated heterocycles.